The van der Waals surface area contributed by atoms with Crippen LogP contribution in [0.15, 0.2) is 35.4 Å². The van der Waals surface area contributed by atoms with Gasteiger partial charge in [-0.25, -0.2) is 8.42 Å². The Kier molecular flexibility index (Phi) is 5.08. The number of benzene rings is 1. The lowest BCUT2D eigenvalue weighted by molar-refractivity contribution is -0.387. The smallest absolute Gasteiger partial charge is 0.364 e. The molecule has 3 rings (SSSR count). The predicted molar refractivity (Wildman–Crippen MR) is 93.9 cm³/mol. The van der Waals surface area contributed by atoms with E-state index in [0.717, 1.165) is 12.3 Å². The van der Waals surface area contributed by atoms with Gasteiger partial charge in [0.25, 0.3) is 0 Å². The Morgan fingerprint density at radius 1 is 1.29 bits per heavy atom. The summed E-state index contributed by atoms with van der Waals surface area (Å²) in [6.45, 7) is 0.588. The average Bonchev–Trinajstić information content (AvgIpc) is 3.11. The number of para-hydroxylation sites is 1. The van der Waals surface area contributed by atoms with E-state index in [1.54, 1.807) is 4.90 Å². The Labute approximate surface area is 158 Å². The minimum absolute atomic E-state index is 0.126. The van der Waals surface area contributed by atoms with Crippen molar-refractivity contribution in [3.8, 4) is 0 Å². The number of piperidine rings is 1. The molecule has 0 saturated carbocycles. The highest BCUT2D eigenvalue weighted by Crippen LogP contribution is 2.37. The summed E-state index contributed by atoms with van der Waals surface area (Å²) in [5, 5.41) is 15.2. The summed E-state index contributed by atoms with van der Waals surface area (Å²) in [6, 6.07) is 4.48. The minimum Gasteiger partial charge on any atom is -0.364 e. The SMILES string of the molecule is CS(=O)(=O)c1cccc(N2CCCC(n3ccc(C(F)(F)F)n3)C2)c1[N+](=O)[O-]. The van der Waals surface area contributed by atoms with Crippen molar-refractivity contribution in [2.24, 2.45) is 0 Å². The first-order chi connectivity index (χ1) is 13.0. The topological polar surface area (TPSA) is 98.3 Å². The van der Waals surface area contributed by atoms with Gasteiger partial charge < -0.3 is 4.90 Å². The van der Waals surface area contributed by atoms with E-state index in [-0.39, 0.29) is 12.2 Å². The minimum atomic E-state index is -4.55. The van der Waals surface area contributed by atoms with Crippen molar-refractivity contribution < 1.29 is 26.5 Å². The van der Waals surface area contributed by atoms with Crippen LogP contribution in [0.4, 0.5) is 24.5 Å². The van der Waals surface area contributed by atoms with E-state index in [1.165, 1.54) is 29.1 Å². The molecule has 0 spiro atoms. The van der Waals surface area contributed by atoms with Crippen LogP contribution >= 0.6 is 0 Å². The van der Waals surface area contributed by atoms with E-state index in [0.29, 0.717) is 19.4 Å². The Balaban J connectivity index is 1.95. The quantitative estimate of drug-likeness (QED) is 0.559. The number of aromatic nitrogens is 2. The number of anilines is 1. The van der Waals surface area contributed by atoms with Crippen molar-refractivity contribution in [1.29, 1.82) is 0 Å². The molecule has 0 bridgehead atoms. The molecule has 1 atom stereocenters. The number of sulfone groups is 1. The third-order valence-corrected chi connectivity index (χ3v) is 5.70. The maximum Gasteiger partial charge on any atom is 0.435 e. The van der Waals surface area contributed by atoms with Crippen LogP contribution in [0.2, 0.25) is 0 Å². The van der Waals surface area contributed by atoms with Crippen LogP contribution < -0.4 is 4.90 Å². The molecule has 152 valence electrons. The molecule has 1 aliphatic rings. The number of nitrogens with zero attached hydrogens (tertiary/aromatic N) is 4. The number of rotatable bonds is 4. The standard InChI is InChI=1S/C16H17F3N4O4S/c1-28(26,27)13-6-2-5-12(15(13)23(24)25)21-8-3-4-11(10-21)22-9-7-14(20-22)16(17,18)19/h2,5-7,9,11H,3-4,8,10H2,1H3. The largest absolute Gasteiger partial charge is 0.435 e. The summed E-state index contributed by atoms with van der Waals surface area (Å²) in [6.07, 6.45) is -1.32. The summed E-state index contributed by atoms with van der Waals surface area (Å²) in [5.74, 6) is 0. The Hall–Kier alpha value is -2.63. The van der Waals surface area contributed by atoms with Crippen molar-refractivity contribution in [2.75, 3.05) is 24.2 Å². The van der Waals surface area contributed by atoms with E-state index < -0.39 is 43.3 Å². The molecule has 8 nitrogen and oxygen atoms in total. The summed E-state index contributed by atoms with van der Waals surface area (Å²) in [4.78, 5) is 12.1. The second-order valence-corrected chi connectivity index (χ2v) is 8.56. The van der Waals surface area contributed by atoms with Gasteiger partial charge in [-0.3, -0.25) is 14.8 Å². The zero-order chi connectivity index (χ0) is 20.7. The van der Waals surface area contributed by atoms with Crippen molar-refractivity contribution in [3.05, 3.63) is 46.3 Å². The molecule has 0 N–H and O–H groups in total. The highest BCUT2D eigenvalue weighted by Gasteiger charge is 2.35. The monoisotopic (exact) mass is 418 g/mol. The van der Waals surface area contributed by atoms with Gasteiger partial charge in [0.05, 0.1) is 11.0 Å². The van der Waals surface area contributed by atoms with E-state index in [2.05, 4.69) is 5.10 Å². The molecule has 12 heteroatoms. The lowest BCUT2D eigenvalue weighted by Crippen LogP contribution is -2.37. The Morgan fingerprint density at radius 3 is 2.57 bits per heavy atom. The molecular weight excluding hydrogens is 401 g/mol. The highest BCUT2D eigenvalue weighted by atomic mass is 32.2. The fourth-order valence-corrected chi connectivity index (χ4v) is 4.19. The number of hydrogen-bond acceptors (Lipinski definition) is 6. The van der Waals surface area contributed by atoms with Crippen LogP contribution in [0, 0.1) is 10.1 Å². The molecule has 2 heterocycles. The van der Waals surface area contributed by atoms with E-state index in [9.17, 15) is 31.7 Å². The van der Waals surface area contributed by atoms with Crippen LogP contribution in [0.5, 0.6) is 0 Å². The van der Waals surface area contributed by atoms with Crippen molar-refractivity contribution in [2.45, 2.75) is 30.0 Å². The molecule has 1 aromatic heterocycles. The van der Waals surface area contributed by atoms with Gasteiger partial charge in [-0.05, 0) is 31.0 Å². The van der Waals surface area contributed by atoms with Gasteiger partial charge >= 0.3 is 11.9 Å². The first-order valence-corrected chi connectivity index (χ1v) is 10.2. The van der Waals surface area contributed by atoms with Crippen LogP contribution in [0.25, 0.3) is 0 Å². The predicted octanol–water partition coefficient (Wildman–Crippen LogP) is 3.06. The summed E-state index contributed by atoms with van der Waals surface area (Å²) >= 11 is 0. The molecule has 28 heavy (non-hydrogen) atoms. The molecule has 1 saturated heterocycles. The van der Waals surface area contributed by atoms with Crippen molar-refractivity contribution in [3.63, 3.8) is 0 Å². The van der Waals surface area contributed by atoms with Crippen molar-refractivity contribution >= 4 is 21.2 Å². The maximum atomic E-state index is 12.8. The number of halogens is 3. The van der Waals surface area contributed by atoms with E-state index >= 15 is 0 Å². The highest BCUT2D eigenvalue weighted by molar-refractivity contribution is 7.90. The van der Waals surface area contributed by atoms with Crippen molar-refractivity contribution in [1.82, 2.24) is 9.78 Å². The second kappa shape index (κ2) is 7.08. The van der Waals surface area contributed by atoms with Gasteiger partial charge in [-0.1, -0.05) is 6.07 Å². The summed E-state index contributed by atoms with van der Waals surface area (Å²) < 4.78 is 63.4. The number of hydrogen-bond donors (Lipinski definition) is 0. The van der Waals surface area contributed by atoms with Gasteiger partial charge in [0.1, 0.15) is 10.6 Å². The van der Waals surface area contributed by atoms with Gasteiger partial charge in [-0.15, -0.1) is 0 Å². The fraction of sp³-hybridized carbons (Fsp3) is 0.438. The Bertz CT molecular complexity index is 1000. The molecule has 2 aromatic rings. The third kappa shape index (κ3) is 3.96. The molecular formula is C16H17F3N4O4S. The lowest BCUT2D eigenvalue weighted by atomic mass is 10.0. The van der Waals surface area contributed by atoms with E-state index in [4.69, 9.17) is 0 Å². The number of nitro groups is 1. The molecule has 0 aliphatic carbocycles. The molecule has 1 aliphatic heterocycles. The van der Waals surface area contributed by atoms with Gasteiger partial charge in [0.15, 0.2) is 15.5 Å². The second-order valence-electron chi connectivity index (χ2n) is 6.57. The van der Waals surface area contributed by atoms with Gasteiger partial charge in [0.2, 0.25) is 0 Å². The van der Waals surface area contributed by atoms with Crippen LogP contribution in [-0.2, 0) is 16.0 Å². The average molecular weight is 418 g/mol. The molecule has 1 fully saturated rings. The van der Waals surface area contributed by atoms with Crippen LogP contribution in [-0.4, -0.2) is 42.5 Å². The van der Waals surface area contributed by atoms with Gasteiger partial charge in [-0.2, -0.15) is 18.3 Å². The first-order valence-electron chi connectivity index (χ1n) is 8.33. The number of alkyl halides is 3. The fourth-order valence-electron chi connectivity index (χ4n) is 3.33. The van der Waals surface area contributed by atoms with Crippen LogP contribution in [0.1, 0.15) is 24.6 Å². The zero-order valence-corrected chi connectivity index (χ0v) is 15.6. The molecule has 1 unspecified atom stereocenters. The van der Waals surface area contributed by atoms with Crippen LogP contribution in [0.3, 0.4) is 0 Å². The molecule has 0 radical (unpaired) electrons. The molecule has 0 amide bonds. The third-order valence-electron chi connectivity index (χ3n) is 4.57. The molecule has 1 aromatic carbocycles. The summed E-state index contributed by atoms with van der Waals surface area (Å²) in [5.41, 5.74) is -1.41. The first kappa shape index (κ1) is 20.1. The maximum absolute atomic E-state index is 12.8. The lowest BCUT2D eigenvalue weighted by Gasteiger charge is -2.34. The normalized spacial score (nSPS) is 18.3. The zero-order valence-electron chi connectivity index (χ0n) is 14.8. The number of nitro benzene ring substituents is 1. The van der Waals surface area contributed by atoms with Gasteiger partial charge in [0, 0.05) is 25.5 Å². The Morgan fingerprint density at radius 2 is 2.00 bits per heavy atom. The van der Waals surface area contributed by atoms with E-state index in [1.807, 2.05) is 0 Å². The summed E-state index contributed by atoms with van der Waals surface area (Å²) in [7, 11) is -3.83.